The molecule has 0 fully saturated rings. The Hall–Kier alpha value is -1.84. The zero-order chi connectivity index (χ0) is 11.8. The van der Waals surface area contributed by atoms with Gasteiger partial charge in [-0.25, -0.2) is 4.39 Å². The summed E-state index contributed by atoms with van der Waals surface area (Å²) >= 11 is 0. The number of rotatable bonds is 6. The van der Waals surface area contributed by atoms with Crippen molar-refractivity contribution in [2.45, 2.75) is 6.42 Å². The molecule has 0 spiro atoms. The first-order chi connectivity index (χ1) is 7.74. The summed E-state index contributed by atoms with van der Waals surface area (Å²) in [7, 11) is 0. The maximum absolute atomic E-state index is 13.1. The first kappa shape index (κ1) is 12.2. The van der Waals surface area contributed by atoms with Crippen molar-refractivity contribution in [2.75, 3.05) is 13.2 Å². The van der Waals surface area contributed by atoms with Crippen molar-refractivity contribution in [1.82, 2.24) is 5.32 Å². The smallest absolute Gasteiger partial charge is 0.223 e. The third kappa shape index (κ3) is 4.13. The highest BCUT2D eigenvalue weighted by Gasteiger charge is 2.03. The Bertz CT molecular complexity index is 366. The van der Waals surface area contributed by atoms with Crippen LogP contribution in [0.25, 0.3) is 0 Å². The molecule has 0 radical (unpaired) electrons. The van der Waals surface area contributed by atoms with E-state index in [1.165, 1.54) is 12.1 Å². The lowest BCUT2D eigenvalue weighted by Crippen LogP contribution is -2.24. The van der Waals surface area contributed by atoms with Crippen molar-refractivity contribution >= 4 is 5.91 Å². The molecule has 4 heteroatoms. The second-order valence-electron chi connectivity index (χ2n) is 3.12. The first-order valence-electron chi connectivity index (χ1n) is 4.99. The lowest BCUT2D eigenvalue weighted by atomic mass is 10.3. The van der Waals surface area contributed by atoms with Gasteiger partial charge in [0, 0.05) is 6.54 Å². The van der Waals surface area contributed by atoms with Gasteiger partial charge in [-0.1, -0.05) is 18.2 Å². The number of ether oxygens (including phenoxy) is 1. The third-order valence-corrected chi connectivity index (χ3v) is 1.87. The number of benzene rings is 1. The summed E-state index contributed by atoms with van der Waals surface area (Å²) in [4.78, 5) is 11.1. The molecular weight excluding hydrogens is 209 g/mol. The van der Waals surface area contributed by atoms with Gasteiger partial charge < -0.3 is 10.1 Å². The van der Waals surface area contributed by atoms with E-state index in [1.807, 2.05) is 0 Å². The molecule has 1 N–H and O–H groups in total. The van der Waals surface area contributed by atoms with E-state index in [0.29, 0.717) is 6.54 Å². The molecular formula is C12H14FNO2. The maximum Gasteiger partial charge on any atom is 0.223 e. The van der Waals surface area contributed by atoms with Crippen LogP contribution in [0.3, 0.4) is 0 Å². The fourth-order valence-corrected chi connectivity index (χ4v) is 1.09. The molecule has 0 unspecified atom stereocenters. The Kier molecular flexibility index (Phi) is 5.05. The predicted molar refractivity (Wildman–Crippen MR) is 59.7 cm³/mol. The van der Waals surface area contributed by atoms with Gasteiger partial charge in [0.1, 0.15) is 0 Å². The first-order valence-corrected chi connectivity index (χ1v) is 4.99. The molecule has 1 aromatic carbocycles. The number of carbonyl (C=O) groups is 1. The zero-order valence-corrected chi connectivity index (χ0v) is 8.91. The van der Waals surface area contributed by atoms with E-state index in [2.05, 4.69) is 11.9 Å². The van der Waals surface area contributed by atoms with Gasteiger partial charge in [-0.2, -0.15) is 0 Å². The van der Waals surface area contributed by atoms with Crippen LogP contribution in [-0.2, 0) is 4.79 Å². The maximum atomic E-state index is 13.1. The quantitative estimate of drug-likeness (QED) is 0.748. The highest BCUT2D eigenvalue weighted by Crippen LogP contribution is 2.15. The third-order valence-electron chi connectivity index (χ3n) is 1.87. The number of nitrogens with one attached hydrogen (secondary N) is 1. The van der Waals surface area contributed by atoms with Gasteiger partial charge in [0.25, 0.3) is 0 Å². The van der Waals surface area contributed by atoms with Crippen LogP contribution in [0, 0.1) is 5.82 Å². The zero-order valence-electron chi connectivity index (χ0n) is 8.91. The molecule has 1 aromatic rings. The molecule has 16 heavy (non-hydrogen) atoms. The normalized spacial score (nSPS) is 9.56. The van der Waals surface area contributed by atoms with Crippen molar-refractivity contribution < 1.29 is 13.9 Å². The van der Waals surface area contributed by atoms with Crippen LogP contribution in [0.1, 0.15) is 6.42 Å². The Balaban J connectivity index is 2.28. The van der Waals surface area contributed by atoms with Crippen molar-refractivity contribution in [3.63, 3.8) is 0 Å². The summed E-state index contributed by atoms with van der Waals surface area (Å²) in [6.07, 6.45) is 1.79. The summed E-state index contributed by atoms with van der Waals surface area (Å²) in [5.41, 5.74) is 0. The number of halogens is 1. The molecule has 0 aliphatic heterocycles. The van der Waals surface area contributed by atoms with Crippen LogP contribution in [0.2, 0.25) is 0 Å². The van der Waals surface area contributed by atoms with E-state index in [9.17, 15) is 9.18 Å². The number of amides is 1. The van der Waals surface area contributed by atoms with Crippen LogP contribution in [0.4, 0.5) is 4.39 Å². The fourth-order valence-electron chi connectivity index (χ4n) is 1.09. The second kappa shape index (κ2) is 6.61. The molecule has 0 aliphatic carbocycles. The molecule has 3 nitrogen and oxygen atoms in total. The molecule has 1 amide bonds. The van der Waals surface area contributed by atoms with Gasteiger partial charge >= 0.3 is 0 Å². The Morgan fingerprint density at radius 1 is 1.50 bits per heavy atom. The van der Waals surface area contributed by atoms with Gasteiger partial charge in [-0.3, -0.25) is 4.79 Å². The molecule has 0 heterocycles. The number of hydrogen-bond donors (Lipinski definition) is 1. The van der Waals surface area contributed by atoms with Crippen LogP contribution < -0.4 is 10.1 Å². The summed E-state index contributed by atoms with van der Waals surface area (Å²) in [5, 5.41) is 2.60. The van der Waals surface area contributed by atoms with Gasteiger partial charge in [0.15, 0.2) is 11.6 Å². The minimum absolute atomic E-state index is 0.142. The minimum Gasteiger partial charge on any atom is -0.490 e. The van der Waals surface area contributed by atoms with Crippen molar-refractivity contribution in [2.24, 2.45) is 0 Å². The second-order valence-corrected chi connectivity index (χ2v) is 3.12. The van der Waals surface area contributed by atoms with Crippen LogP contribution >= 0.6 is 0 Å². The number of hydrogen-bond acceptors (Lipinski definition) is 2. The van der Waals surface area contributed by atoms with Crippen LogP contribution in [-0.4, -0.2) is 19.1 Å². The highest BCUT2D eigenvalue weighted by atomic mass is 19.1. The van der Waals surface area contributed by atoms with E-state index >= 15 is 0 Å². The lowest BCUT2D eigenvalue weighted by molar-refractivity contribution is -0.121. The average molecular weight is 223 g/mol. The van der Waals surface area contributed by atoms with Crippen LogP contribution in [0.5, 0.6) is 5.75 Å². The fraction of sp³-hybridized carbons (Fsp3) is 0.250. The van der Waals surface area contributed by atoms with Crippen LogP contribution in [0.15, 0.2) is 36.9 Å². The van der Waals surface area contributed by atoms with Crippen molar-refractivity contribution in [3.05, 3.63) is 42.7 Å². The van der Waals surface area contributed by atoms with E-state index < -0.39 is 5.82 Å². The number of carbonyl (C=O) groups excluding carboxylic acids is 1. The molecule has 0 bridgehead atoms. The summed E-state index contributed by atoms with van der Waals surface area (Å²) in [5.74, 6) is -0.399. The van der Waals surface area contributed by atoms with Gasteiger partial charge in [0.05, 0.1) is 13.0 Å². The predicted octanol–water partition coefficient (Wildman–Crippen LogP) is 1.90. The monoisotopic (exact) mass is 223 g/mol. The Morgan fingerprint density at radius 3 is 2.94 bits per heavy atom. The molecule has 1 rings (SSSR count). The topological polar surface area (TPSA) is 38.3 Å². The molecule has 86 valence electrons. The average Bonchev–Trinajstić information content (AvgIpc) is 2.29. The molecule has 0 atom stereocenters. The number of para-hydroxylation sites is 1. The minimum atomic E-state index is -0.422. The molecule has 0 saturated heterocycles. The SMILES string of the molecule is C=CCNC(=O)CCOc1ccccc1F. The molecule has 0 saturated carbocycles. The Morgan fingerprint density at radius 2 is 2.25 bits per heavy atom. The lowest BCUT2D eigenvalue weighted by Gasteiger charge is -2.06. The van der Waals surface area contributed by atoms with E-state index in [-0.39, 0.29) is 24.7 Å². The van der Waals surface area contributed by atoms with E-state index in [4.69, 9.17) is 4.74 Å². The summed E-state index contributed by atoms with van der Waals surface area (Å²) in [6.45, 7) is 4.06. The van der Waals surface area contributed by atoms with Gasteiger partial charge in [0.2, 0.25) is 5.91 Å². The molecule has 0 aromatic heterocycles. The summed E-state index contributed by atoms with van der Waals surface area (Å²) < 4.78 is 18.2. The Labute approximate surface area is 93.9 Å². The van der Waals surface area contributed by atoms with Crippen molar-refractivity contribution in [3.8, 4) is 5.75 Å². The summed E-state index contributed by atoms with van der Waals surface area (Å²) in [6, 6.07) is 6.10. The highest BCUT2D eigenvalue weighted by molar-refractivity contribution is 5.76. The van der Waals surface area contributed by atoms with E-state index in [1.54, 1.807) is 18.2 Å². The van der Waals surface area contributed by atoms with Gasteiger partial charge in [-0.15, -0.1) is 6.58 Å². The van der Waals surface area contributed by atoms with E-state index in [0.717, 1.165) is 0 Å². The molecule has 0 aliphatic rings. The van der Waals surface area contributed by atoms with Gasteiger partial charge in [-0.05, 0) is 12.1 Å². The standard InChI is InChI=1S/C12H14FNO2/c1-2-8-14-12(15)7-9-16-11-6-4-3-5-10(11)13/h2-6H,1,7-9H2,(H,14,15). The van der Waals surface area contributed by atoms with Crippen molar-refractivity contribution in [1.29, 1.82) is 0 Å². The largest absolute Gasteiger partial charge is 0.490 e.